The van der Waals surface area contributed by atoms with Crippen LogP contribution in [-0.4, -0.2) is 13.2 Å². The number of aryl methyl sites for hydroxylation is 1. The van der Waals surface area contributed by atoms with E-state index in [1.807, 2.05) is 0 Å². The van der Waals surface area contributed by atoms with E-state index < -0.39 is 0 Å². The topological polar surface area (TPSA) is 21.3 Å². The van der Waals surface area contributed by atoms with Crippen molar-refractivity contribution in [3.05, 3.63) is 29.3 Å². The van der Waals surface area contributed by atoms with Crippen LogP contribution in [0.15, 0.2) is 18.2 Å². The van der Waals surface area contributed by atoms with Crippen LogP contribution in [0.1, 0.15) is 63.6 Å². The van der Waals surface area contributed by atoms with Gasteiger partial charge in [0, 0.05) is 11.6 Å². The van der Waals surface area contributed by atoms with E-state index in [4.69, 9.17) is 4.74 Å². The Bertz CT molecular complexity index is 494. The number of hydrogen-bond acceptors (Lipinski definition) is 2. The molecular formula is C19H29NO. The Morgan fingerprint density at radius 1 is 1.33 bits per heavy atom. The number of hydrogen-bond donors (Lipinski definition) is 1. The second-order valence-corrected chi connectivity index (χ2v) is 7.31. The van der Waals surface area contributed by atoms with Crippen LogP contribution >= 0.6 is 0 Å². The number of nitrogens with one attached hydrogen (secondary N) is 1. The van der Waals surface area contributed by atoms with Crippen molar-refractivity contribution in [1.29, 1.82) is 0 Å². The first-order valence-electron chi connectivity index (χ1n) is 8.61. The first-order chi connectivity index (χ1) is 10.1. The number of fused-ring (bicyclic) bond motifs is 1. The third kappa shape index (κ3) is 2.83. The van der Waals surface area contributed by atoms with Gasteiger partial charge in [-0.05, 0) is 49.1 Å². The molecule has 1 aromatic carbocycles. The van der Waals surface area contributed by atoms with Crippen molar-refractivity contribution in [2.75, 3.05) is 13.2 Å². The lowest BCUT2D eigenvalue weighted by Gasteiger charge is -2.36. The zero-order chi connectivity index (χ0) is 14.9. The van der Waals surface area contributed by atoms with Crippen molar-refractivity contribution < 1.29 is 4.74 Å². The van der Waals surface area contributed by atoms with Crippen LogP contribution in [0.2, 0.25) is 0 Å². The molecular weight excluding hydrogens is 258 g/mol. The van der Waals surface area contributed by atoms with Crippen molar-refractivity contribution in [2.45, 2.75) is 58.9 Å². The maximum atomic E-state index is 6.07. The quantitative estimate of drug-likeness (QED) is 0.881. The molecule has 0 radical (unpaired) electrons. The highest BCUT2D eigenvalue weighted by Gasteiger charge is 2.41. The molecule has 1 aliphatic heterocycles. The summed E-state index contributed by atoms with van der Waals surface area (Å²) in [5.41, 5.74) is 3.22. The molecule has 2 atom stereocenters. The van der Waals surface area contributed by atoms with Gasteiger partial charge in [0.15, 0.2) is 0 Å². The smallest absolute Gasteiger partial charge is 0.127 e. The molecule has 0 saturated heterocycles. The van der Waals surface area contributed by atoms with Gasteiger partial charge < -0.3 is 10.1 Å². The average Bonchev–Trinajstić information content (AvgIpc) is 2.84. The third-order valence-electron chi connectivity index (χ3n) is 5.47. The first-order valence-corrected chi connectivity index (χ1v) is 8.61. The minimum absolute atomic E-state index is 0.421. The Morgan fingerprint density at radius 3 is 2.90 bits per heavy atom. The molecule has 0 spiro atoms. The SMILES string of the molecule is CCNC(c1cccc2c1OCCC2)C1CCCC1(C)C. The molecule has 1 heterocycles. The van der Waals surface area contributed by atoms with Gasteiger partial charge >= 0.3 is 0 Å². The first kappa shape index (κ1) is 14.9. The van der Waals surface area contributed by atoms with Crippen LogP contribution in [0.25, 0.3) is 0 Å². The van der Waals surface area contributed by atoms with E-state index in [0.29, 0.717) is 17.4 Å². The van der Waals surface area contributed by atoms with E-state index in [0.717, 1.165) is 26.0 Å². The van der Waals surface area contributed by atoms with Gasteiger partial charge in [-0.2, -0.15) is 0 Å². The Morgan fingerprint density at radius 2 is 2.19 bits per heavy atom. The van der Waals surface area contributed by atoms with Crippen molar-refractivity contribution in [3.8, 4) is 5.75 Å². The lowest BCUT2D eigenvalue weighted by atomic mass is 9.75. The van der Waals surface area contributed by atoms with Gasteiger partial charge in [0.25, 0.3) is 0 Å². The van der Waals surface area contributed by atoms with Crippen LogP contribution < -0.4 is 10.1 Å². The Kier molecular flexibility index (Phi) is 4.26. The summed E-state index contributed by atoms with van der Waals surface area (Å²) < 4.78 is 6.07. The number of rotatable bonds is 4. The molecule has 116 valence electrons. The van der Waals surface area contributed by atoms with E-state index in [-0.39, 0.29) is 0 Å². The molecule has 1 fully saturated rings. The van der Waals surface area contributed by atoms with Gasteiger partial charge in [0.05, 0.1) is 6.61 Å². The average molecular weight is 287 g/mol. The largest absolute Gasteiger partial charge is 0.493 e. The van der Waals surface area contributed by atoms with Gasteiger partial charge in [0.1, 0.15) is 5.75 Å². The molecule has 3 rings (SSSR count). The molecule has 21 heavy (non-hydrogen) atoms. The molecule has 2 nitrogen and oxygen atoms in total. The Labute approximate surface area is 129 Å². The van der Waals surface area contributed by atoms with Gasteiger partial charge in [0.2, 0.25) is 0 Å². The highest BCUT2D eigenvalue weighted by Crippen LogP contribution is 2.50. The van der Waals surface area contributed by atoms with Crippen LogP contribution in [0, 0.1) is 11.3 Å². The summed E-state index contributed by atoms with van der Waals surface area (Å²) in [4.78, 5) is 0. The number of ether oxygens (including phenoxy) is 1. The molecule has 0 bridgehead atoms. The predicted octanol–water partition coefficient (Wildman–Crippen LogP) is 4.49. The van der Waals surface area contributed by atoms with Crippen molar-refractivity contribution in [2.24, 2.45) is 11.3 Å². The van der Waals surface area contributed by atoms with Crippen molar-refractivity contribution in [1.82, 2.24) is 5.32 Å². The molecule has 2 unspecified atom stereocenters. The second-order valence-electron chi connectivity index (χ2n) is 7.31. The zero-order valence-corrected chi connectivity index (χ0v) is 13.7. The minimum Gasteiger partial charge on any atom is -0.493 e. The monoisotopic (exact) mass is 287 g/mol. The molecule has 0 amide bonds. The standard InChI is InChI=1S/C19H29NO/c1-4-20-17(16-11-6-12-19(16,2)3)15-10-5-8-14-9-7-13-21-18(14)15/h5,8,10,16-17,20H,4,6-7,9,11-13H2,1-3H3. The summed E-state index contributed by atoms with van der Waals surface area (Å²) in [6.45, 7) is 8.97. The van der Waals surface area contributed by atoms with Crippen molar-refractivity contribution in [3.63, 3.8) is 0 Å². The maximum absolute atomic E-state index is 6.07. The van der Waals surface area contributed by atoms with Crippen LogP contribution in [-0.2, 0) is 6.42 Å². The van der Waals surface area contributed by atoms with Gasteiger partial charge in [-0.25, -0.2) is 0 Å². The lowest BCUT2D eigenvalue weighted by Crippen LogP contribution is -2.34. The van der Waals surface area contributed by atoms with E-state index in [1.165, 1.54) is 36.1 Å². The maximum Gasteiger partial charge on any atom is 0.127 e. The summed E-state index contributed by atoms with van der Waals surface area (Å²) in [7, 11) is 0. The molecule has 0 aromatic heterocycles. The molecule has 1 aliphatic carbocycles. The van der Waals surface area contributed by atoms with Crippen LogP contribution in [0.4, 0.5) is 0 Å². The van der Waals surface area contributed by atoms with Crippen LogP contribution in [0.5, 0.6) is 5.75 Å². The van der Waals surface area contributed by atoms with E-state index in [2.05, 4.69) is 44.3 Å². The molecule has 2 heteroatoms. The van der Waals surface area contributed by atoms with Crippen LogP contribution in [0.3, 0.4) is 0 Å². The molecule has 2 aliphatic rings. The summed E-state index contributed by atoms with van der Waals surface area (Å²) in [6.07, 6.45) is 6.34. The summed E-state index contributed by atoms with van der Waals surface area (Å²) in [5, 5.41) is 3.77. The number of para-hydroxylation sites is 1. The molecule has 1 N–H and O–H groups in total. The minimum atomic E-state index is 0.421. The van der Waals surface area contributed by atoms with E-state index in [1.54, 1.807) is 0 Å². The van der Waals surface area contributed by atoms with E-state index in [9.17, 15) is 0 Å². The fraction of sp³-hybridized carbons (Fsp3) is 0.684. The fourth-order valence-corrected chi connectivity index (χ4v) is 4.32. The highest BCUT2D eigenvalue weighted by atomic mass is 16.5. The fourth-order valence-electron chi connectivity index (χ4n) is 4.32. The highest BCUT2D eigenvalue weighted by molar-refractivity contribution is 5.45. The third-order valence-corrected chi connectivity index (χ3v) is 5.47. The lowest BCUT2D eigenvalue weighted by molar-refractivity contribution is 0.193. The summed E-state index contributed by atoms with van der Waals surface area (Å²) in [5.74, 6) is 1.88. The summed E-state index contributed by atoms with van der Waals surface area (Å²) >= 11 is 0. The number of benzene rings is 1. The zero-order valence-electron chi connectivity index (χ0n) is 13.7. The normalized spacial score (nSPS) is 25.2. The van der Waals surface area contributed by atoms with Crippen molar-refractivity contribution >= 4 is 0 Å². The van der Waals surface area contributed by atoms with E-state index >= 15 is 0 Å². The second kappa shape index (κ2) is 6.00. The van der Waals surface area contributed by atoms with Gasteiger partial charge in [-0.15, -0.1) is 0 Å². The Hall–Kier alpha value is -1.02. The van der Waals surface area contributed by atoms with Gasteiger partial charge in [-0.1, -0.05) is 45.4 Å². The predicted molar refractivity (Wildman–Crippen MR) is 87.8 cm³/mol. The molecule has 1 aromatic rings. The Balaban J connectivity index is 1.98. The van der Waals surface area contributed by atoms with Gasteiger partial charge in [-0.3, -0.25) is 0 Å². The molecule has 1 saturated carbocycles. The summed E-state index contributed by atoms with van der Waals surface area (Å²) in [6, 6.07) is 7.17.